The molecule has 1 N–H and O–H groups in total. The van der Waals surface area contributed by atoms with Crippen molar-refractivity contribution in [3.8, 4) is 0 Å². The van der Waals surface area contributed by atoms with Crippen molar-refractivity contribution >= 4 is 16.9 Å². The van der Waals surface area contributed by atoms with E-state index in [-0.39, 0.29) is 11.1 Å². The molecule has 18 heavy (non-hydrogen) atoms. The highest BCUT2D eigenvalue weighted by atomic mass is 19.3. The smallest absolute Gasteiger partial charge is 0.408 e. The molecule has 1 heterocycles. The van der Waals surface area contributed by atoms with Crippen LogP contribution in [0.2, 0.25) is 0 Å². The fourth-order valence-corrected chi connectivity index (χ4v) is 1.38. The molecule has 0 fully saturated rings. The third-order valence-corrected chi connectivity index (χ3v) is 2.26. The van der Waals surface area contributed by atoms with Crippen LogP contribution in [0.5, 0.6) is 0 Å². The summed E-state index contributed by atoms with van der Waals surface area (Å²) in [5.74, 6) is -7.64. The van der Waals surface area contributed by atoms with Crippen LogP contribution in [0.25, 0.3) is 11.1 Å². The number of carbonyl (C=O) groups excluding carboxylic acids is 1. The first kappa shape index (κ1) is 12.3. The predicted molar refractivity (Wildman–Crippen MR) is 52.1 cm³/mol. The second-order valence-electron chi connectivity index (χ2n) is 3.48. The fraction of sp³-hybridized carbons (Fsp3) is 0.200. The SMILES string of the molecule is O=C(c1ccc2[nH]c(=O)oc2c1)C(F)(F)C(F)F. The Morgan fingerprint density at radius 1 is 1.33 bits per heavy atom. The Balaban J connectivity index is 2.48. The predicted octanol–water partition coefficient (Wildman–Crippen LogP) is 2.20. The van der Waals surface area contributed by atoms with Crippen molar-refractivity contribution in [2.75, 3.05) is 0 Å². The van der Waals surface area contributed by atoms with Crippen LogP contribution < -0.4 is 5.76 Å². The summed E-state index contributed by atoms with van der Waals surface area (Å²) >= 11 is 0. The van der Waals surface area contributed by atoms with Gasteiger partial charge in [0.05, 0.1) is 5.52 Å². The molecule has 2 aromatic rings. The summed E-state index contributed by atoms with van der Waals surface area (Å²) in [5, 5.41) is 0. The van der Waals surface area contributed by atoms with E-state index in [1.54, 1.807) is 0 Å². The lowest BCUT2D eigenvalue weighted by molar-refractivity contribution is -0.0958. The molecule has 0 atom stereocenters. The van der Waals surface area contributed by atoms with Crippen LogP contribution in [0.3, 0.4) is 0 Å². The van der Waals surface area contributed by atoms with Crippen molar-refractivity contribution in [2.24, 2.45) is 0 Å². The molecule has 8 heteroatoms. The van der Waals surface area contributed by atoms with E-state index < -0.39 is 29.5 Å². The van der Waals surface area contributed by atoms with Crippen molar-refractivity contribution in [3.63, 3.8) is 0 Å². The van der Waals surface area contributed by atoms with Crippen molar-refractivity contribution in [1.29, 1.82) is 0 Å². The highest BCUT2D eigenvalue weighted by molar-refractivity contribution is 6.03. The van der Waals surface area contributed by atoms with Crippen LogP contribution in [0.4, 0.5) is 17.6 Å². The van der Waals surface area contributed by atoms with Gasteiger partial charge in [-0.2, -0.15) is 8.78 Å². The second kappa shape index (κ2) is 3.97. The van der Waals surface area contributed by atoms with E-state index in [2.05, 4.69) is 9.40 Å². The summed E-state index contributed by atoms with van der Waals surface area (Å²) < 4.78 is 54.2. The average molecular weight is 263 g/mol. The maximum Gasteiger partial charge on any atom is 0.417 e. The molecule has 0 unspecified atom stereocenters. The monoisotopic (exact) mass is 263 g/mol. The van der Waals surface area contributed by atoms with Crippen LogP contribution in [0.1, 0.15) is 10.4 Å². The van der Waals surface area contributed by atoms with Crippen LogP contribution in [0.15, 0.2) is 27.4 Å². The zero-order valence-electron chi connectivity index (χ0n) is 8.55. The Morgan fingerprint density at radius 3 is 2.61 bits per heavy atom. The van der Waals surface area contributed by atoms with Gasteiger partial charge in [0.25, 0.3) is 0 Å². The number of benzene rings is 1. The lowest BCUT2D eigenvalue weighted by Crippen LogP contribution is -2.36. The molecule has 0 amide bonds. The summed E-state index contributed by atoms with van der Waals surface area (Å²) in [6, 6.07) is 2.84. The number of nitrogens with one attached hydrogen (secondary N) is 1. The number of carbonyl (C=O) groups is 1. The Labute approximate surface area is 96.2 Å². The number of halogens is 4. The highest BCUT2D eigenvalue weighted by Gasteiger charge is 2.49. The van der Waals surface area contributed by atoms with E-state index >= 15 is 0 Å². The molecule has 0 aliphatic carbocycles. The van der Waals surface area contributed by atoms with Gasteiger partial charge in [0.15, 0.2) is 5.58 Å². The third-order valence-electron chi connectivity index (χ3n) is 2.26. The summed E-state index contributed by atoms with van der Waals surface area (Å²) in [7, 11) is 0. The Morgan fingerprint density at radius 2 is 2.00 bits per heavy atom. The first-order valence-electron chi connectivity index (χ1n) is 4.66. The number of hydrogen-bond acceptors (Lipinski definition) is 3. The van der Waals surface area contributed by atoms with Gasteiger partial charge < -0.3 is 4.42 Å². The highest BCUT2D eigenvalue weighted by Crippen LogP contribution is 2.28. The third kappa shape index (κ3) is 1.89. The maximum atomic E-state index is 12.8. The number of aromatic amines is 1. The maximum absolute atomic E-state index is 12.8. The van der Waals surface area contributed by atoms with E-state index in [0.717, 1.165) is 18.2 Å². The molecule has 0 spiro atoms. The molecule has 0 radical (unpaired) electrons. The Hall–Kier alpha value is -2.12. The number of Topliss-reactive ketones (excluding diaryl/α,β-unsaturated/α-hetero) is 1. The molecule has 1 aromatic heterocycles. The molecule has 0 aliphatic rings. The second-order valence-corrected chi connectivity index (χ2v) is 3.48. The minimum absolute atomic E-state index is 0.157. The number of H-pyrrole nitrogens is 1. The number of alkyl halides is 4. The van der Waals surface area contributed by atoms with Gasteiger partial charge in [-0.25, -0.2) is 13.6 Å². The number of hydrogen-bond donors (Lipinski definition) is 1. The van der Waals surface area contributed by atoms with E-state index in [9.17, 15) is 27.2 Å². The fourth-order valence-electron chi connectivity index (χ4n) is 1.38. The molecular weight excluding hydrogens is 258 g/mol. The van der Waals surface area contributed by atoms with Crippen LogP contribution >= 0.6 is 0 Å². The normalized spacial score (nSPS) is 12.3. The van der Waals surface area contributed by atoms with Gasteiger partial charge in [0.2, 0.25) is 5.78 Å². The van der Waals surface area contributed by atoms with Gasteiger partial charge in [-0.1, -0.05) is 0 Å². The van der Waals surface area contributed by atoms with Gasteiger partial charge in [-0.05, 0) is 18.2 Å². The Kier molecular flexibility index (Phi) is 2.72. The number of ketones is 1. The largest absolute Gasteiger partial charge is 0.417 e. The molecule has 96 valence electrons. The number of fused-ring (bicyclic) bond motifs is 1. The zero-order valence-corrected chi connectivity index (χ0v) is 8.55. The standard InChI is InChI=1S/C10H5F4NO3/c11-8(12)10(13,14)7(16)4-1-2-5-6(3-4)18-9(17)15-5/h1-3,8H,(H,15,17). The van der Waals surface area contributed by atoms with Gasteiger partial charge in [0, 0.05) is 5.56 Å². The topological polar surface area (TPSA) is 63.1 Å². The van der Waals surface area contributed by atoms with Crippen molar-refractivity contribution < 1.29 is 26.8 Å². The molecular formula is C10H5F4NO3. The summed E-state index contributed by atoms with van der Waals surface area (Å²) in [6.45, 7) is 0. The lowest BCUT2D eigenvalue weighted by atomic mass is 10.1. The molecule has 0 saturated heterocycles. The zero-order chi connectivity index (χ0) is 13.5. The van der Waals surface area contributed by atoms with E-state index in [1.807, 2.05) is 0 Å². The summed E-state index contributed by atoms with van der Waals surface area (Å²) in [4.78, 5) is 24.2. The number of rotatable bonds is 3. The van der Waals surface area contributed by atoms with Gasteiger partial charge in [0.1, 0.15) is 0 Å². The van der Waals surface area contributed by atoms with E-state index in [4.69, 9.17) is 0 Å². The van der Waals surface area contributed by atoms with Crippen LogP contribution in [-0.4, -0.2) is 23.1 Å². The average Bonchev–Trinajstić information content (AvgIpc) is 2.66. The molecule has 0 saturated carbocycles. The first-order chi connectivity index (χ1) is 8.32. The van der Waals surface area contributed by atoms with E-state index in [1.165, 1.54) is 0 Å². The number of aromatic nitrogens is 1. The summed E-state index contributed by atoms with van der Waals surface area (Å²) in [5.41, 5.74) is -0.636. The van der Waals surface area contributed by atoms with Crippen LogP contribution in [0, 0.1) is 0 Å². The minimum Gasteiger partial charge on any atom is -0.408 e. The quantitative estimate of drug-likeness (QED) is 0.682. The minimum atomic E-state index is -4.77. The van der Waals surface area contributed by atoms with Gasteiger partial charge in [-0.15, -0.1) is 0 Å². The molecule has 0 aliphatic heterocycles. The molecule has 4 nitrogen and oxygen atoms in total. The van der Waals surface area contributed by atoms with Gasteiger partial charge >= 0.3 is 18.1 Å². The van der Waals surface area contributed by atoms with E-state index in [0.29, 0.717) is 0 Å². The van der Waals surface area contributed by atoms with Crippen molar-refractivity contribution in [3.05, 3.63) is 34.3 Å². The van der Waals surface area contributed by atoms with Crippen LogP contribution in [-0.2, 0) is 0 Å². The van der Waals surface area contributed by atoms with Crippen molar-refractivity contribution in [1.82, 2.24) is 4.98 Å². The molecule has 1 aromatic carbocycles. The number of oxazole rings is 1. The van der Waals surface area contributed by atoms with Gasteiger partial charge in [-0.3, -0.25) is 9.78 Å². The van der Waals surface area contributed by atoms with Crippen molar-refractivity contribution in [2.45, 2.75) is 12.3 Å². The first-order valence-corrected chi connectivity index (χ1v) is 4.66. The summed E-state index contributed by atoms with van der Waals surface area (Å²) in [6.07, 6.45) is -4.10. The molecule has 0 bridgehead atoms. The lowest BCUT2D eigenvalue weighted by Gasteiger charge is -2.13. The Bertz CT molecular complexity index is 658. The molecule has 2 rings (SSSR count).